The van der Waals surface area contributed by atoms with E-state index in [1.165, 1.54) is 11.8 Å². The Balaban J connectivity index is 1.85. The molecule has 0 N–H and O–H groups in total. The second-order valence-electron chi connectivity index (χ2n) is 5.71. The predicted molar refractivity (Wildman–Crippen MR) is 111 cm³/mol. The van der Waals surface area contributed by atoms with Crippen LogP contribution < -0.4 is 9.47 Å². The summed E-state index contributed by atoms with van der Waals surface area (Å²) in [5, 5.41) is 0.648. The summed E-state index contributed by atoms with van der Waals surface area (Å²) < 4.78 is 10.9. The van der Waals surface area contributed by atoms with Crippen LogP contribution in [0.25, 0.3) is 6.08 Å². The van der Waals surface area contributed by atoms with Gasteiger partial charge in [0.25, 0.3) is 5.91 Å². The van der Waals surface area contributed by atoms with Gasteiger partial charge in [-0.3, -0.25) is 9.69 Å². The van der Waals surface area contributed by atoms with Crippen molar-refractivity contribution in [3.63, 3.8) is 0 Å². The number of para-hydroxylation sites is 1. The van der Waals surface area contributed by atoms with Gasteiger partial charge < -0.3 is 9.47 Å². The number of benzene rings is 2. The lowest BCUT2D eigenvalue weighted by molar-refractivity contribution is -0.121. The van der Waals surface area contributed by atoms with E-state index in [9.17, 15) is 4.79 Å². The molecular formula is C21H20N2O3S. The highest BCUT2D eigenvalue weighted by Gasteiger charge is 2.30. The fourth-order valence-electron chi connectivity index (χ4n) is 2.46. The summed E-state index contributed by atoms with van der Waals surface area (Å²) in [4.78, 5) is 19.3. The zero-order valence-corrected chi connectivity index (χ0v) is 16.0. The van der Waals surface area contributed by atoms with Gasteiger partial charge in [0.15, 0.2) is 16.7 Å². The number of carbonyl (C=O) groups excluding carboxylic acids is 1. The topological polar surface area (TPSA) is 51.1 Å². The van der Waals surface area contributed by atoms with Crippen LogP contribution in [0.2, 0.25) is 0 Å². The summed E-state index contributed by atoms with van der Waals surface area (Å²) in [7, 11) is 3.31. The molecule has 0 aromatic heterocycles. The number of ether oxygens (including phenoxy) is 2. The lowest BCUT2D eigenvalue weighted by Gasteiger charge is -2.10. The number of amides is 1. The van der Waals surface area contributed by atoms with E-state index >= 15 is 0 Å². The molecule has 1 amide bonds. The van der Waals surface area contributed by atoms with Crippen LogP contribution in [0.1, 0.15) is 5.56 Å². The monoisotopic (exact) mass is 380 g/mol. The molecule has 0 radical (unpaired) electrons. The molecule has 0 unspecified atom stereocenters. The first kappa shape index (κ1) is 18.8. The molecule has 2 aromatic rings. The van der Waals surface area contributed by atoms with Crippen LogP contribution in [0, 0.1) is 0 Å². The lowest BCUT2D eigenvalue weighted by atomic mass is 10.2. The van der Waals surface area contributed by atoms with Crippen molar-refractivity contribution in [3.05, 3.63) is 71.7 Å². The number of nitrogens with zero attached hydrogens (tertiary/aromatic N) is 2. The molecule has 138 valence electrons. The molecule has 1 heterocycles. The summed E-state index contributed by atoms with van der Waals surface area (Å²) >= 11 is 1.35. The van der Waals surface area contributed by atoms with Gasteiger partial charge in [-0.05, 0) is 47.7 Å². The molecule has 0 spiro atoms. The Morgan fingerprint density at radius 1 is 1.19 bits per heavy atom. The van der Waals surface area contributed by atoms with Crippen LogP contribution in [0.4, 0.5) is 5.69 Å². The van der Waals surface area contributed by atoms with Gasteiger partial charge in [-0.15, -0.1) is 0 Å². The number of aliphatic imine (C=N–C) groups is 1. The summed E-state index contributed by atoms with van der Waals surface area (Å²) in [5.41, 5.74) is 1.66. The lowest BCUT2D eigenvalue weighted by Crippen LogP contribution is -2.23. The summed E-state index contributed by atoms with van der Waals surface area (Å²) in [5.74, 6) is 1.15. The predicted octanol–water partition coefficient (Wildman–Crippen LogP) is 4.49. The molecular weight excluding hydrogens is 360 g/mol. The van der Waals surface area contributed by atoms with E-state index in [1.54, 1.807) is 25.1 Å². The van der Waals surface area contributed by atoms with Crippen molar-refractivity contribution in [2.45, 2.75) is 0 Å². The number of hydrogen-bond acceptors (Lipinski definition) is 5. The van der Waals surface area contributed by atoms with Gasteiger partial charge in [0, 0.05) is 7.05 Å². The minimum absolute atomic E-state index is 0.0827. The molecule has 6 heteroatoms. The van der Waals surface area contributed by atoms with Crippen molar-refractivity contribution in [2.75, 3.05) is 20.8 Å². The maximum Gasteiger partial charge on any atom is 0.266 e. The first-order valence-corrected chi connectivity index (χ1v) is 9.17. The molecule has 0 aliphatic carbocycles. The molecule has 1 saturated heterocycles. The summed E-state index contributed by atoms with van der Waals surface area (Å²) in [6.07, 6.45) is 3.50. The highest BCUT2D eigenvalue weighted by molar-refractivity contribution is 8.18. The van der Waals surface area contributed by atoms with Crippen molar-refractivity contribution in [1.82, 2.24) is 4.90 Å². The van der Waals surface area contributed by atoms with Crippen LogP contribution in [0.15, 0.2) is 71.1 Å². The number of carbonyl (C=O) groups is 1. The average molecular weight is 380 g/mol. The van der Waals surface area contributed by atoms with Crippen molar-refractivity contribution in [2.24, 2.45) is 4.99 Å². The van der Waals surface area contributed by atoms with E-state index in [2.05, 4.69) is 11.6 Å². The van der Waals surface area contributed by atoms with Crippen LogP contribution in [-0.2, 0) is 4.79 Å². The van der Waals surface area contributed by atoms with Gasteiger partial charge in [-0.25, -0.2) is 4.99 Å². The number of thioether (sulfide) groups is 1. The van der Waals surface area contributed by atoms with E-state index in [4.69, 9.17) is 9.47 Å². The third-order valence-corrected chi connectivity index (χ3v) is 4.89. The van der Waals surface area contributed by atoms with Gasteiger partial charge in [-0.2, -0.15) is 0 Å². The Morgan fingerprint density at radius 3 is 2.67 bits per heavy atom. The van der Waals surface area contributed by atoms with E-state index in [1.807, 2.05) is 54.6 Å². The highest BCUT2D eigenvalue weighted by atomic mass is 32.2. The molecule has 1 aliphatic heterocycles. The van der Waals surface area contributed by atoms with Crippen LogP contribution in [0.3, 0.4) is 0 Å². The Hall–Kier alpha value is -2.99. The molecule has 3 rings (SSSR count). The average Bonchev–Trinajstić information content (AvgIpc) is 2.95. The molecule has 27 heavy (non-hydrogen) atoms. The number of methoxy groups -OCH3 is 1. The van der Waals surface area contributed by atoms with Gasteiger partial charge in [0.1, 0.15) is 6.61 Å². The molecule has 2 aromatic carbocycles. The summed E-state index contributed by atoms with van der Waals surface area (Å²) in [6, 6.07) is 15.1. The summed E-state index contributed by atoms with van der Waals surface area (Å²) in [6.45, 7) is 4.04. The number of amidine groups is 1. The molecule has 1 fully saturated rings. The van der Waals surface area contributed by atoms with Crippen molar-refractivity contribution in [1.29, 1.82) is 0 Å². The fraction of sp³-hybridized carbons (Fsp3) is 0.143. The first-order chi connectivity index (χ1) is 13.1. The molecule has 5 nitrogen and oxygen atoms in total. The minimum Gasteiger partial charge on any atom is -0.493 e. The Labute approximate surface area is 163 Å². The molecule has 0 atom stereocenters. The number of rotatable bonds is 6. The SMILES string of the molecule is C=CCOc1ccc(C=C2SC(=Nc3ccccc3)N(C)C2=O)cc1OC. The van der Waals surface area contributed by atoms with Crippen LogP contribution >= 0.6 is 11.8 Å². The Kier molecular flexibility index (Phi) is 5.98. The van der Waals surface area contributed by atoms with E-state index in [0.717, 1.165) is 11.3 Å². The Morgan fingerprint density at radius 2 is 1.96 bits per heavy atom. The number of likely N-dealkylation sites (N-methyl/N-ethyl adjacent to an activating group) is 1. The van der Waals surface area contributed by atoms with E-state index in [0.29, 0.717) is 28.2 Å². The zero-order chi connectivity index (χ0) is 19.2. The number of hydrogen-bond donors (Lipinski definition) is 0. The maximum atomic E-state index is 12.6. The van der Waals surface area contributed by atoms with Crippen LogP contribution in [0.5, 0.6) is 11.5 Å². The standard InChI is InChI=1S/C21H20N2O3S/c1-4-12-26-17-11-10-15(13-18(17)25-3)14-19-20(24)23(2)21(27-19)22-16-8-6-5-7-9-16/h4-11,13-14H,1,12H2,2-3H3. The van der Waals surface area contributed by atoms with Gasteiger partial charge in [-0.1, -0.05) is 36.9 Å². The first-order valence-electron chi connectivity index (χ1n) is 8.35. The van der Waals surface area contributed by atoms with Crippen molar-refractivity contribution < 1.29 is 14.3 Å². The highest BCUT2D eigenvalue weighted by Crippen LogP contribution is 2.35. The molecule has 0 bridgehead atoms. The van der Waals surface area contributed by atoms with E-state index in [-0.39, 0.29) is 5.91 Å². The quantitative estimate of drug-likeness (QED) is 0.547. The van der Waals surface area contributed by atoms with Gasteiger partial charge in [0.2, 0.25) is 0 Å². The third kappa shape index (κ3) is 4.41. The fourth-order valence-corrected chi connectivity index (χ4v) is 3.44. The second kappa shape index (κ2) is 8.60. The largest absolute Gasteiger partial charge is 0.493 e. The van der Waals surface area contributed by atoms with Crippen molar-refractivity contribution in [3.8, 4) is 11.5 Å². The van der Waals surface area contributed by atoms with Crippen molar-refractivity contribution >= 4 is 34.6 Å². The normalized spacial score (nSPS) is 16.8. The van der Waals surface area contributed by atoms with Gasteiger partial charge >= 0.3 is 0 Å². The smallest absolute Gasteiger partial charge is 0.266 e. The van der Waals surface area contributed by atoms with E-state index < -0.39 is 0 Å². The Bertz CT molecular complexity index is 907. The zero-order valence-electron chi connectivity index (χ0n) is 15.2. The van der Waals surface area contributed by atoms with Gasteiger partial charge in [0.05, 0.1) is 17.7 Å². The third-order valence-electron chi connectivity index (χ3n) is 3.83. The molecule has 0 saturated carbocycles. The minimum atomic E-state index is -0.0827. The second-order valence-corrected chi connectivity index (χ2v) is 6.72. The van der Waals surface area contributed by atoms with Crippen LogP contribution in [-0.4, -0.2) is 36.7 Å². The molecule has 1 aliphatic rings. The maximum absolute atomic E-state index is 12.6.